The maximum absolute atomic E-state index is 13.6. The zero-order valence-corrected chi connectivity index (χ0v) is 57.4. The highest BCUT2D eigenvalue weighted by atomic mass is 31.2. The fourth-order valence-electron chi connectivity index (χ4n) is 9.72. The second-order valence-electron chi connectivity index (χ2n) is 24.7. The first-order valence-electron chi connectivity index (χ1n) is 35.4. The number of rotatable bonds is 63. The minimum absolute atomic E-state index is 0.0310. The Hall–Kier alpha value is -3.59. The minimum Gasteiger partial charge on any atom is -0.456 e. The summed E-state index contributed by atoms with van der Waals surface area (Å²) < 4.78 is 30.8. The van der Waals surface area contributed by atoms with E-state index in [2.05, 4.69) is 135 Å². The average Bonchev–Trinajstić information content (AvgIpc) is 3.65. The first-order chi connectivity index (χ1) is 41.9. The van der Waals surface area contributed by atoms with Gasteiger partial charge in [-0.05, 0) is 122 Å². The number of phosphoric ester groups is 1. The molecule has 0 aromatic heterocycles. The van der Waals surface area contributed by atoms with Crippen LogP contribution in [0.2, 0.25) is 0 Å². The third-order valence-electron chi connectivity index (χ3n) is 15.1. The third kappa shape index (κ3) is 64.9. The minimum atomic E-state index is -4.47. The Morgan fingerprint density at radius 2 is 0.744 bits per heavy atom. The molecule has 0 fully saturated rings. The molecule has 1 amide bonds. The third-order valence-corrected chi connectivity index (χ3v) is 16.1. The lowest BCUT2D eigenvalue weighted by molar-refractivity contribution is -0.870. The lowest BCUT2D eigenvalue weighted by Gasteiger charge is -2.27. The number of carbonyl (C=O) groups excluding carboxylic acids is 2. The number of allylic oxidation sites excluding steroid dienone is 19. The van der Waals surface area contributed by atoms with Gasteiger partial charge in [-0.15, -0.1) is 0 Å². The summed E-state index contributed by atoms with van der Waals surface area (Å²) in [6.45, 7) is 6.87. The monoisotopic (exact) mass is 1220 g/mol. The first-order valence-corrected chi connectivity index (χ1v) is 36.9. The van der Waals surface area contributed by atoms with Crippen LogP contribution in [0.25, 0.3) is 0 Å². The van der Waals surface area contributed by atoms with Crippen molar-refractivity contribution in [3.8, 4) is 0 Å². The summed E-state index contributed by atoms with van der Waals surface area (Å²) in [4.78, 5) is 37.9. The molecule has 0 aliphatic carbocycles. The predicted molar refractivity (Wildman–Crippen MR) is 373 cm³/mol. The van der Waals surface area contributed by atoms with Crippen molar-refractivity contribution < 1.29 is 37.3 Å². The number of amides is 1. The first kappa shape index (κ1) is 82.4. The van der Waals surface area contributed by atoms with Crippen molar-refractivity contribution in [3.05, 3.63) is 122 Å². The quantitative estimate of drug-likeness (QED) is 0.0205. The van der Waals surface area contributed by atoms with Crippen LogP contribution in [0.15, 0.2) is 122 Å². The van der Waals surface area contributed by atoms with E-state index in [4.69, 9.17) is 13.8 Å². The standard InChI is InChI=1S/C76H133N2O7P/c1-7-10-13-16-19-22-25-28-30-32-34-36-38-39-41-43-45-47-49-51-54-57-60-63-66-69-76(80)85-74(67-64-61-58-55-52-27-24-21-18-15-12-9-3)73(72-84-86(81,82)83-71-70-78(4,5)6)77-75(79)68-65-62-59-56-53-50-48-46-44-42-40-37-35-33-31-29-26-23-20-17-14-11-8-2/h10,13,19-20,22-23,28-31,34-37,39,41,45,47,64,67,73-74H,7-9,11-12,14-18,21,24-27,32-33,38,40,42-44,46,48-63,65-66,68-72H2,1-6H3,(H-,77,79,81,82)/p+1/b13-10-,22-19-,23-20-,30-28-,31-29-,36-34-,37-35-,41-39-,47-45-,67-64+. The number of carbonyl (C=O) groups is 2. The Morgan fingerprint density at radius 1 is 0.419 bits per heavy atom. The van der Waals surface area contributed by atoms with Crippen LogP contribution in [-0.2, 0) is 27.9 Å². The van der Waals surface area contributed by atoms with Gasteiger partial charge < -0.3 is 19.4 Å². The van der Waals surface area contributed by atoms with Crippen LogP contribution in [0.1, 0.15) is 297 Å². The number of quaternary nitrogens is 1. The molecule has 0 bridgehead atoms. The summed E-state index contributed by atoms with van der Waals surface area (Å²) in [5.74, 6) is -0.528. The number of phosphoric acid groups is 1. The molecule has 0 saturated heterocycles. The van der Waals surface area contributed by atoms with Gasteiger partial charge in [-0.3, -0.25) is 18.6 Å². The van der Waals surface area contributed by atoms with E-state index in [0.29, 0.717) is 17.4 Å². The summed E-state index contributed by atoms with van der Waals surface area (Å²) in [5, 5.41) is 3.06. The maximum atomic E-state index is 13.6. The Labute approximate surface area is 531 Å². The van der Waals surface area contributed by atoms with Gasteiger partial charge in [-0.1, -0.05) is 284 Å². The van der Waals surface area contributed by atoms with Gasteiger partial charge >= 0.3 is 13.8 Å². The summed E-state index contributed by atoms with van der Waals surface area (Å²) >= 11 is 0. The summed E-state index contributed by atoms with van der Waals surface area (Å²) in [7, 11) is 1.47. The molecule has 10 heteroatoms. The lowest BCUT2D eigenvalue weighted by Crippen LogP contribution is -2.47. The lowest BCUT2D eigenvalue weighted by atomic mass is 10.0. The number of hydrogen-bond donors (Lipinski definition) is 2. The fourth-order valence-corrected chi connectivity index (χ4v) is 10.5. The molecule has 9 nitrogen and oxygen atoms in total. The van der Waals surface area contributed by atoms with Gasteiger partial charge in [0, 0.05) is 12.8 Å². The van der Waals surface area contributed by atoms with E-state index >= 15 is 0 Å². The van der Waals surface area contributed by atoms with E-state index in [9.17, 15) is 19.0 Å². The molecular formula is C76H134N2O7P+. The number of unbranched alkanes of at least 4 members (excludes halogenated alkanes) is 29. The SMILES string of the molecule is CC/C=C\C/C=C\C/C=C\C/C=C\C/C=C\C/C=C\CCCCCCCCC(=O)OC(/C=C/CCCCCCCCCCCC)C(COP(=O)(O)OCC[N+](C)(C)C)NC(=O)CCCCCCCCCCCC/C=C\C/C=C\C/C=C\CCCCC. The molecule has 0 saturated carbocycles. The number of ether oxygens (including phenoxy) is 1. The van der Waals surface area contributed by atoms with Gasteiger partial charge in [0.1, 0.15) is 19.3 Å². The Balaban J connectivity index is 5.14. The second-order valence-corrected chi connectivity index (χ2v) is 26.1. The van der Waals surface area contributed by atoms with Crippen LogP contribution >= 0.6 is 7.82 Å². The number of likely N-dealkylation sites (N-methyl/N-ethyl adjacent to an activating group) is 1. The molecule has 0 aromatic rings. The highest BCUT2D eigenvalue weighted by Crippen LogP contribution is 2.43. The van der Waals surface area contributed by atoms with E-state index < -0.39 is 20.0 Å². The molecule has 86 heavy (non-hydrogen) atoms. The highest BCUT2D eigenvalue weighted by molar-refractivity contribution is 7.47. The zero-order chi connectivity index (χ0) is 62.8. The van der Waals surface area contributed by atoms with Crippen molar-refractivity contribution in [1.82, 2.24) is 5.32 Å². The van der Waals surface area contributed by atoms with E-state index in [-0.39, 0.29) is 31.5 Å². The van der Waals surface area contributed by atoms with E-state index in [1.54, 1.807) is 0 Å². The van der Waals surface area contributed by atoms with Crippen molar-refractivity contribution in [2.75, 3.05) is 40.9 Å². The molecular weight excluding hydrogens is 1080 g/mol. The Morgan fingerprint density at radius 3 is 1.14 bits per heavy atom. The van der Waals surface area contributed by atoms with E-state index in [1.165, 1.54) is 116 Å². The van der Waals surface area contributed by atoms with Crippen LogP contribution in [-0.4, -0.2) is 74.3 Å². The molecule has 494 valence electrons. The topological polar surface area (TPSA) is 111 Å². The summed E-state index contributed by atoms with van der Waals surface area (Å²) in [6.07, 6.45) is 90.6. The normalized spacial score (nSPS) is 14.3. The molecule has 0 heterocycles. The number of nitrogens with zero attached hydrogens (tertiary/aromatic N) is 1. The van der Waals surface area contributed by atoms with Gasteiger partial charge in [-0.25, -0.2) is 4.57 Å². The molecule has 0 radical (unpaired) electrons. The fraction of sp³-hybridized carbons (Fsp3) is 0.711. The molecule has 0 aliphatic rings. The Kier molecular flexibility index (Phi) is 61.7. The van der Waals surface area contributed by atoms with Gasteiger partial charge in [0.15, 0.2) is 0 Å². The van der Waals surface area contributed by atoms with Crippen molar-refractivity contribution in [1.29, 1.82) is 0 Å². The molecule has 0 aromatic carbocycles. The summed E-state index contributed by atoms with van der Waals surface area (Å²) in [5.41, 5.74) is 0. The highest BCUT2D eigenvalue weighted by Gasteiger charge is 2.30. The molecule has 0 aliphatic heterocycles. The largest absolute Gasteiger partial charge is 0.472 e. The van der Waals surface area contributed by atoms with Crippen molar-refractivity contribution >= 4 is 19.7 Å². The zero-order valence-electron chi connectivity index (χ0n) is 56.5. The van der Waals surface area contributed by atoms with Gasteiger partial charge in [0.25, 0.3) is 0 Å². The maximum Gasteiger partial charge on any atom is 0.472 e. The molecule has 3 atom stereocenters. The van der Waals surface area contributed by atoms with Crippen LogP contribution in [0, 0.1) is 0 Å². The van der Waals surface area contributed by atoms with Gasteiger partial charge in [0.2, 0.25) is 5.91 Å². The predicted octanol–water partition coefficient (Wildman–Crippen LogP) is 22.6. The van der Waals surface area contributed by atoms with Crippen molar-refractivity contribution in [3.63, 3.8) is 0 Å². The van der Waals surface area contributed by atoms with Gasteiger partial charge in [0.05, 0.1) is 33.8 Å². The number of esters is 1. The summed E-state index contributed by atoms with van der Waals surface area (Å²) in [6, 6.07) is -0.866. The van der Waals surface area contributed by atoms with Crippen molar-refractivity contribution in [2.45, 2.75) is 309 Å². The second kappa shape index (κ2) is 64.4. The molecule has 2 N–H and O–H groups in total. The average molecular weight is 1220 g/mol. The molecule has 0 rings (SSSR count). The van der Waals surface area contributed by atoms with Crippen LogP contribution < -0.4 is 5.32 Å². The smallest absolute Gasteiger partial charge is 0.456 e. The number of nitrogens with one attached hydrogen (secondary N) is 1. The van der Waals surface area contributed by atoms with E-state index in [1.807, 2.05) is 33.3 Å². The van der Waals surface area contributed by atoms with Crippen LogP contribution in [0.5, 0.6) is 0 Å². The molecule has 0 spiro atoms. The number of hydrogen-bond acceptors (Lipinski definition) is 6. The van der Waals surface area contributed by atoms with Crippen LogP contribution in [0.3, 0.4) is 0 Å². The molecule has 3 unspecified atom stereocenters. The van der Waals surface area contributed by atoms with Gasteiger partial charge in [-0.2, -0.15) is 0 Å². The van der Waals surface area contributed by atoms with Crippen LogP contribution in [0.4, 0.5) is 0 Å². The van der Waals surface area contributed by atoms with E-state index in [0.717, 1.165) is 148 Å². The Bertz CT molecular complexity index is 1890. The van der Waals surface area contributed by atoms with Crippen molar-refractivity contribution in [2.24, 2.45) is 0 Å².